The van der Waals surface area contributed by atoms with Crippen molar-refractivity contribution in [3.05, 3.63) is 47.3 Å². The van der Waals surface area contributed by atoms with Crippen LogP contribution in [0.25, 0.3) is 5.69 Å². The summed E-state index contributed by atoms with van der Waals surface area (Å²) in [7, 11) is 0. The molecule has 2 aromatic rings. The summed E-state index contributed by atoms with van der Waals surface area (Å²) in [5, 5.41) is 4.40. The number of benzene rings is 1. The molecular weight excluding hydrogens is 264 g/mol. The maximum absolute atomic E-state index is 12.6. The predicted octanol–water partition coefficient (Wildman–Crippen LogP) is 1.66. The molecule has 1 fully saturated rings. The van der Waals surface area contributed by atoms with Crippen molar-refractivity contribution >= 4 is 5.91 Å². The van der Waals surface area contributed by atoms with Crippen molar-refractivity contribution in [3.8, 4) is 5.69 Å². The number of rotatable bonds is 2. The van der Waals surface area contributed by atoms with Crippen molar-refractivity contribution in [2.45, 2.75) is 26.3 Å². The fraction of sp³-hybridized carbons (Fsp3) is 0.375. The molecule has 1 aliphatic heterocycles. The number of carbonyl (C=O) groups is 1. The number of aryl methyl sites for hydroxylation is 1. The first-order valence-corrected chi connectivity index (χ1v) is 7.23. The van der Waals surface area contributed by atoms with Gasteiger partial charge < -0.3 is 10.6 Å². The molecule has 2 N–H and O–H groups in total. The molecule has 1 aromatic heterocycles. The molecule has 21 heavy (non-hydrogen) atoms. The molecule has 3 rings (SSSR count). The molecule has 1 amide bonds. The molecule has 0 radical (unpaired) electrons. The summed E-state index contributed by atoms with van der Waals surface area (Å²) >= 11 is 0. The minimum atomic E-state index is 0.0280. The molecule has 0 unspecified atom stereocenters. The number of carbonyl (C=O) groups excluding carboxylic acids is 1. The summed E-state index contributed by atoms with van der Waals surface area (Å²) in [5.41, 5.74) is 9.55. The van der Waals surface area contributed by atoms with Gasteiger partial charge in [0.25, 0.3) is 5.91 Å². The van der Waals surface area contributed by atoms with Crippen molar-refractivity contribution < 1.29 is 4.79 Å². The monoisotopic (exact) mass is 284 g/mol. The molecule has 0 aliphatic carbocycles. The summed E-state index contributed by atoms with van der Waals surface area (Å²) in [4.78, 5) is 14.4. The molecular formula is C16H20N4O. The van der Waals surface area contributed by atoms with E-state index in [0.717, 1.165) is 29.9 Å². The van der Waals surface area contributed by atoms with Crippen LogP contribution in [0.1, 0.15) is 28.0 Å². The van der Waals surface area contributed by atoms with Crippen LogP contribution in [0, 0.1) is 13.8 Å². The normalized spacial score (nSPS) is 18.2. The Morgan fingerprint density at radius 1 is 1.33 bits per heavy atom. The van der Waals surface area contributed by atoms with Gasteiger partial charge in [-0.2, -0.15) is 5.10 Å². The summed E-state index contributed by atoms with van der Waals surface area (Å²) in [5.74, 6) is 0.0280. The van der Waals surface area contributed by atoms with E-state index in [0.29, 0.717) is 12.1 Å². The molecule has 1 aliphatic rings. The van der Waals surface area contributed by atoms with Gasteiger partial charge in [0.05, 0.1) is 23.1 Å². The lowest BCUT2D eigenvalue weighted by molar-refractivity contribution is 0.0790. The summed E-state index contributed by atoms with van der Waals surface area (Å²) in [6.07, 6.45) is 2.53. The van der Waals surface area contributed by atoms with Gasteiger partial charge in [0.2, 0.25) is 0 Å². The minimum absolute atomic E-state index is 0.0280. The Balaban J connectivity index is 1.93. The van der Waals surface area contributed by atoms with Crippen LogP contribution in [-0.2, 0) is 0 Å². The van der Waals surface area contributed by atoms with Gasteiger partial charge in [0, 0.05) is 19.1 Å². The Bertz CT molecular complexity index is 677. The van der Waals surface area contributed by atoms with E-state index < -0.39 is 0 Å². The van der Waals surface area contributed by atoms with Gasteiger partial charge in [0.1, 0.15) is 0 Å². The summed E-state index contributed by atoms with van der Waals surface area (Å²) in [6.45, 7) is 5.34. The third kappa shape index (κ3) is 2.45. The van der Waals surface area contributed by atoms with Crippen LogP contribution < -0.4 is 5.73 Å². The number of hydrogen-bond donors (Lipinski definition) is 1. The number of nitrogens with two attached hydrogens (primary N) is 1. The topological polar surface area (TPSA) is 64.2 Å². The zero-order valence-electron chi connectivity index (χ0n) is 12.4. The highest BCUT2D eigenvalue weighted by Gasteiger charge is 2.27. The highest BCUT2D eigenvalue weighted by atomic mass is 16.2. The van der Waals surface area contributed by atoms with E-state index in [-0.39, 0.29) is 11.9 Å². The van der Waals surface area contributed by atoms with Gasteiger partial charge in [-0.15, -0.1) is 0 Å². The highest BCUT2D eigenvalue weighted by Crippen LogP contribution is 2.20. The van der Waals surface area contributed by atoms with E-state index in [2.05, 4.69) is 5.10 Å². The Kier molecular flexibility index (Phi) is 3.51. The quantitative estimate of drug-likeness (QED) is 0.912. The lowest BCUT2D eigenvalue weighted by atomic mass is 10.2. The average Bonchev–Trinajstić information content (AvgIpc) is 3.05. The van der Waals surface area contributed by atoms with Gasteiger partial charge in [-0.1, -0.05) is 18.2 Å². The van der Waals surface area contributed by atoms with Gasteiger partial charge in [0.15, 0.2) is 0 Å². The molecule has 1 aromatic carbocycles. The zero-order chi connectivity index (χ0) is 15.0. The molecule has 0 spiro atoms. The fourth-order valence-corrected chi connectivity index (χ4v) is 2.81. The van der Waals surface area contributed by atoms with Crippen molar-refractivity contribution in [2.24, 2.45) is 5.73 Å². The van der Waals surface area contributed by atoms with Crippen molar-refractivity contribution in [1.82, 2.24) is 14.7 Å². The number of likely N-dealkylation sites (tertiary alicyclic amines) is 1. The van der Waals surface area contributed by atoms with Crippen LogP contribution >= 0.6 is 0 Å². The summed E-state index contributed by atoms with van der Waals surface area (Å²) in [6, 6.07) is 8.12. The Labute approximate surface area is 124 Å². The second-order valence-corrected chi connectivity index (χ2v) is 5.64. The molecule has 110 valence electrons. The highest BCUT2D eigenvalue weighted by molar-refractivity contribution is 5.95. The second-order valence-electron chi connectivity index (χ2n) is 5.64. The first-order chi connectivity index (χ1) is 10.1. The van der Waals surface area contributed by atoms with Gasteiger partial charge in [-0.25, -0.2) is 4.68 Å². The van der Waals surface area contributed by atoms with Crippen LogP contribution in [-0.4, -0.2) is 39.7 Å². The lowest BCUT2D eigenvalue weighted by Gasteiger charge is -2.15. The van der Waals surface area contributed by atoms with E-state index >= 15 is 0 Å². The first kappa shape index (κ1) is 13.8. The number of aromatic nitrogens is 2. The standard InChI is InChI=1S/C16H20N4O/c1-11-5-3-4-6-15(11)20-12(2)14(9-18-20)16(21)19-8-7-13(17)10-19/h3-6,9,13H,7-8,10,17H2,1-2H3/t13-/m1/s1. The van der Waals surface area contributed by atoms with Gasteiger partial charge in [-0.3, -0.25) is 4.79 Å². The number of nitrogens with zero attached hydrogens (tertiary/aromatic N) is 3. The van der Waals surface area contributed by atoms with Gasteiger partial charge >= 0.3 is 0 Å². The zero-order valence-corrected chi connectivity index (χ0v) is 12.4. The van der Waals surface area contributed by atoms with Gasteiger partial charge in [-0.05, 0) is 31.9 Å². The molecule has 1 atom stereocenters. The average molecular weight is 284 g/mol. The second kappa shape index (κ2) is 5.33. The van der Waals surface area contributed by atoms with Crippen molar-refractivity contribution in [3.63, 3.8) is 0 Å². The van der Waals surface area contributed by atoms with Crippen molar-refractivity contribution in [1.29, 1.82) is 0 Å². The maximum atomic E-state index is 12.6. The van der Waals surface area contributed by atoms with Crippen molar-refractivity contribution in [2.75, 3.05) is 13.1 Å². The third-order valence-electron chi connectivity index (χ3n) is 4.10. The lowest BCUT2D eigenvalue weighted by Crippen LogP contribution is -2.32. The van der Waals surface area contributed by atoms with E-state index in [1.807, 2.05) is 47.7 Å². The molecule has 5 heteroatoms. The van der Waals surface area contributed by atoms with E-state index in [1.54, 1.807) is 6.20 Å². The van der Waals surface area contributed by atoms with Crippen LogP contribution in [0.3, 0.4) is 0 Å². The first-order valence-electron chi connectivity index (χ1n) is 7.23. The molecule has 0 saturated carbocycles. The van der Waals surface area contributed by atoms with E-state index in [9.17, 15) is 4.79 Å². The van der Waals surface area contributed by atoms with Crippen LogP contribution in [0.4, 0.5) is 0 Å². The van der Waals surface area contributed by atoms with E-state index in [4.69, 9.17) is 5.73 Å². The fourth-order valence-electron chi connectivity index (χ4n) is 2.81. The third-order valence-corrected chi connectivity index (χ3v) is 4.10. The molecule has 5 nitrogen and oxygen atoms in total. The number of para-hydroxylation sites is 1. The molecule has 1 saturated heterocycles. The summed E-state index contributed by atoms with van der Waals surface area (Å²) < 4.78 is 1.83. The van der Waals surface area contributed by atoms with Crippen LogP contribution in [0.2, 0.25) is 0 Å². The maximum Gasteiger partial charge on any atom is 0.257 e. The Morgan fingerprint density at radius 3 is 2.76 bits per heavy atom. The van der Waals surface area contributed by atoms with Crippen LogP contribution in [0.15, 0.2) is 30.5 Å². The molecule has 0 bridgehead atoms. The predicted molar refractivity (Wildman–Crippen MR) is 81.5 cm³/mol. The Hall–Kier alpha value is -2.14. The number of hydrogen-bond acceptors (Lipinski definition) is 3. The van der Waals surface area contributed by atoms with Crippen LogP contribution in [0.5, 0.6) is 0 Å². The largest absolute Gasteiger partial charge is 0.337 e. The number of amides is 1. The van der Waals surface area contributed by atoms with E-state index in [1.165, 1.54) is 0 Å². The molecule has 2 heterocycles. The smallest absolute Gasteiger partial charge is 0.257 e. The minimum Gasteiger partial charge on any atom is -0.337 e. The Morgan fingerprint density at radius 2 is 2.10 bits per heavy atom. The SMILES string of the molecule is Cc1ccccc1-n1ncc(C(=O)N2CC[C@@H](N)C2)c1C.